The van der Waals surface area contributed by atoms with Crippen LogP contribution in [0, 0.1) is 5.92 Å². The van der Waals surface area contributed by atoms with Crippen molar-refractivity contribution in [3.63, 3.8) is 0 Å². The van der Waals surface area contributed by atoms with E-state index in [0.717, 1.165) is 30.9 Å². The molecule has 0 radical (unpaired) electrons. The molecule has 1 N–H and O–H groups in total. The van der Waals surface area contributed by atoms with Crippen molar-refractivity contribution in [1.82, 2.24) is 15.3 Å². The van der Waals surface area contributed by atoms with Crippen LogP contribution in [0.5, 0.6) is 0 Å². The maximum absolute atomic E-state index is 4.85. The second kappa shape index (κ2) is 6.30. The van der Waals surface area contributed by atoms with E-state index in [1.807, 2.05) is 0 Å². The van der Waals surface area contributed by atoms with Gasteiger partial charge >= 0.3 is 0 Å². The van der Waals surface area contributed by atoms with Gasteiger partial charge in [0.05, 0.1) is 17.6 Å². The molecule has 2 aliphatic carbocycles. The first-order chi connectivity index (χ1) is 10.2. The zero-order valence-electron chi connectivity index (χ0n) is 13.6. The van der Waals surface area contributed by atoms with Crippen molar-refractivity contribution < 1.29 is 0 Å². The first-order valence-corrected chi connectivity index (χ1v) is 8.52. The summed E-state index contributed by atoms with van der Waals surface area (Å²) in [6.07, 6.45) is 7.54. The maximum Gasteiger partial charge on any atom is 0.131 e. The van der Waals surface area contributed by atoms with Crippen LogP contribution < -0.4 is 10.2 Å². The zero-order valence-corrected chi connectivity index (χ0v) is 13.6. The Kier molecular flexibility index (Phi) is 4.43. The van der Waals surface area contributed by atoms with Crippen molar-refractivity contribution in [2.24, 2.45) is 5.92 Å². The fourth-order valence-corrected chi connectivity index (χ4v) is 2.73. The molecular formula is C17H28N4. The molecule has 116 valence electrons. The number of nitrogens with one attached hydrogen (secondary N) is 1. The van der Waals surface area contributed by atoms with E-state index >= 15 is 0 Å². The van der Waals surface area contributed by atoms with Crippen LogP contribution in [0.25, 0.3) is 0 Å². The Morgan fingerprint density at radius 2 is 2.05 bits per heavy atom. The number of hydrogen-bond donors (Lipinski definition) is 1. The molecule has 21 heavy (non-hydrogen) atoms. The lowest BCUT2D eigenvalue weighted by Crippen LogP contribution is -2.30. The molecule has 1 heterocycles. The molecule has 3 rings (SSSR count). The molecule has 2 aliphatic rings. The SMILES string of the molecule is CCNCc1nc(C(C)C)ncc1N(CC1CC1)C1CC1. The summed E-state index contributed by atoms with van der Waals surface area (Å²) in [6.45, 7) is 9.50. The summed E-state index contributed by atoms with van der Waals surface area (Å²) in [7, 11) is 0. The topological polar surface area (TPSA) is 41.1 Å². The number of anilines is 1. The van der Waals surface area contributed by atoms with Gasteiger partial charge in [-0.1, -0.05) is 20.8 Å². The van der Waals surface area contributed by atoms with E-state index < -0.39 is 0 Å². The predicted molar refractivity (Wildman–Crippen MR) is 86.6 cm³/mol. The molecule has 0 aliphatic heterocycles. The molecule has 0 unspecified atom stereocenters. The molecule has 4 heteroatoms. The van der Waals surface area contributed by atoms with Gasteiger partial charge in [0.15, 0.2) is 0 Å². The fraction of sp³-hybridized carbons (Fsp3) is 0.765. The lowest BCUT2D eigenvalue weighted by molar-refractivity contribution is 0.663. The van der Waals surface area contributed by atoms with Gasteiger partial charge in [-0.05, 0) is 38.1 Å². The first kappa shape index (κ1) is 14.8. The van der Waals surface area contributed by atoms with Gasteiger partial charge in [-0.2, -0.15) is 0 Å². The quantitative estimate of drug-likeness (QED) is 0.798. The van der Waals surface area contributed by atoms with Gasteiger partial charge in [0.1, 0.15) is 5.82 Å². The normalized spacial score (nSPS) is 18.3. The molecule has 4 nitrogen and oxygen atoms in total. The molecule has 0 bridgehead atoms. The van der Waals surface area contributed by atoms with Crippen LogP contribution in [-0.2, 0) is 6.54 Å². The van der Waals surface area contributed by atoms with Crippen molar-refractivity contribution in [3.05, 3.63) is 17.7 Å². The van der Waals surface area contributed by atoms with Gasteiger partial charge < -0.3 is 10.2 Å². The average molecular weight is 288 g/mol. The summed E-state index contributed by atoms with van der Waals surface area (Å²) >= 11 is 0. The molecule has 0 spiro atoms. The highest BCUT2D eigenvalue weighted by atomic mass is 15.2. The third-order valence-electron chi connectivity index (χ3n) is 4.37. The van der Waals surface area contributed by atoms with Crippen molar-refractivity contribution in [3.8, 4) is 0 Å². The highest BCUT2D eigenvalue weighted by Crippen LogP contribution is 2.38. The number of hydrogen-bond acceptors (Lipinski definition) is 4. The van der Waals surface area contributed by atoms with Gasteiger partial charge in [0, 0.05) is 25.0 Å². The highest BCUT2D eigenvalue weighted by Gasteiger charge is 2.35. The lowest BCUT2D eigenvalue weighted by Gasteiger charge is -2.27. The largest absolute Gasteiger partial charge is 0.366 e. The van der Waals surface area contributed by atoms with Gasteiger partial charge in [0.25, 0.3) is 0 Å². The summed E-state index contributed by atoms with van der Waals surface area (Å²) in [6, 6.07) is 0.736. The van der Waals surface area contributed by atoms with E-state index in [1.165, 1.54) is 43.6 Å². The molecule has 0 atom stereocenters. The van der Waals surface area contributed by atoms with E-state index in [9.17, 15) is 0 Å². The van der Waals surface area contributed by atoms with Crippen LogP contribution in [0.1, 0.15) is 63.9 Å². The summed E-state index contributed by atoms with van der Waals surface area (Å²) in [5.41, 5.74) is 2.46. The summed E-state index contributed by atoms with van der Waals surface area (Å²) in [4.78, 5) is 12.1. The first-order valence-electron chi connectivity index (χ1n) is 8.52. The van der Waals surface area contributed by atoms with Crippen molar-refractivity contribution in [1.29, 1.82) is 0 Å². The standard InChI is InChI=1S/C17H28N4/c1-4-18-9-15-16(10-19-17(20-15)12(2)3)21(14-7-8-14)11-13-5-6-13/h10,12-14,18H,4-9,11H2,1-3H3. The molecule has 0 aromatic carbocycles. The minimum absolute atomic E-state index is 0.386. The zero-order chi connectivity index (χ0) is 14.8. The van der Waals surface area contributed by atoms with Gasteiger partial charge in [-0.15, -0.1) is 0 Å². The minimum Gasteiger partial charge on any atom is -0.366 e. The predicted octanol–water partition coefficient (Wildman–Crippen LogP) is 3.09. The Morgan fingerprint density at radius 3 is 2.62 bits per heavy atom. The van der Waals surface area contributed by atoms with E-state index in [-0.39, 0.29) is 0 Å². The fourth-order valence-electron chi connectivity index (χ4n) is 2.73. The molecule has 0 amide bonds. The summed E-state index contributed by atoms with van der Waals surface area (Å²) in [5.74, 6) is 2.26. The average Bonchev–Trinajstić information content (AvgIpc) is 3.36. The third-order valence-corrected chi connectivity index (χ3v) is 4.37. The van der Waals surface area contributed by atoms with E-state index in [2.05, 4.69) is 42.2 Å². The Labute approximate surface area is 128 Å². The minimum atomic E-state index is 0.386. The molecule has 2 fully saturated rings. The van der Waals surface area contributed by atoms with Gasteiger partial charge in [0.2, 0.25) is 0 Å². The van der Waals surface area contributed by atoms with Crippen LogP contribution in [0.15, 0.2) is 6.20 Å². The second-order valence-electron chi connectivity index (χ2n) is 6.82. The Hall–Kier alpha value is -1.16. The van der Waals surface area contributed by atoms with Crippen LogP contribution in [0.3, 0.4) is 0 Å². The lowest BCUT2D eigenvalue weighted by atomic mass is 10.2. The van der Waals surface area contributed by atoms with Gasteiger partial charge in [-0.25, -0.2) is 9.97 Å². The van der Waals surface area contributed by atoms with Crippen molar-refractivity contribution in [2.45, 2.75) is 65.0 Å². The summed E-state index contributed by atoms with van der Waals surface area (Å²) in [5, 5.41) is 3.44. The number of rotatable bonds is 8. The molecule has 0 saturated heterocycles. The van der Waals surface area contributed by atoms with Crippen LogP contribution in [0.2, 0.25) is 0 Å². The monoisotopic (exact) mass is 288 g/mol. The van der Waals surface area contributed by atoms with Crippen LogP contribution >= 0.6 is 0 Å². The molecule has 1 aromatic heterocycles. The molecule has 1 aromatic rings. The summed E-state index contributed by atoms with van der Waals surface area (Å²) < 4.78 is 0. The second-order valence-corrected chi connectivity index (χ2v) is 6.82. The smallest absolute Gasteiger partial charge is 0.131 e. The maximum atomic E-state index is 4.85. The Morgan fingerprint density at radius 1 is 1.29 bits per heavy atom. The van der Waals surface area contributed by atoms with Crippen molar-refractivity contribution >= 4 is 5.69 Å². The number of nitrogens with zero attached hydrogens (tertiary/aromatic N) is 3. The van der Waals surface area contributed by atoms with E-state index in [4.69, 9.17) is 4.98 Å². The molecular weight excluding hydrogens is 260 g/mol. The van der Waals surface area contributed by atoms with E-state index in [1.54, 1.807) is 0 Å². The van der Waals surface area contributed by atoms with E-state index in [0.29, 0.717) is 5.92 Å². The van der Waals surface area contributed by atoms with Crippen molar-refractivity contribution in [2.75, 3.05) is 18.0 Å². The molecule has 2 saturated carbocycles. The number of aromatic nitrogens is 2. The van der Waals surface area contributed by atoms with Crippen LogP contribution in [-0.4, -0.2) is 29.1 Å². The van der Waals surface area contributed by atoms with Crippen LogP contribution in [0.4, 0.5) is 5.69 Å². The van der Waals surface area contributed by atoms with Gasteiger partial charge in [-0.3, -0.25) is 0 Å². The Bertz CT molecular complexity index is 478. The highest BCUT2D eigenvalue weighted by molar-refractivity contribution is 5.51. The third kappa shape index (κ3) is 3.73. The Balaban J connectivity index is 1.86.